The summed E-state index contributed by atoms with van der Waals surface area (Å²) in [7, 11) is 0. The number of aryl methyl sites for hydroxylation is 1. The maximum atomic E-state index is 13.3. The van der Waals surface area contributed by atoms with Gasteiger partial charge in [-0.1, -0.05) is 46.6 Å². The van der Waals surface area contributed by atoms with Crippen LogP contribution < -0.4 is 15.2 Å². The Morgan fingerprint density at radius 3 is 2.29 bits per heavy atom. The van der Waals surface area contributed by atoms with Crippen molar-refractivity contribution in [1.82, 2.24) is 0 Å². The van der Waals surface area contributed by atoms with Gasteiger partial charge in [-0.25, -0.2) is 0 Å². The van der Waals surface area contributed by atoms with Crippen molar-refractivity contribution in [2.75, 3.05) is 19.8 Å². The fraction of sp³-hybridized carbons (Fsp3) is 0.605. The van der Waals surface area contributed by atoms with Crippen LogP contribution in [0.4, 0.5) is 13.2 Å². The number of esters is 1. The SMILES string of the molecule is CCCCCc1ccc(-c2cc3ccc(OCC(O)CCC(CO)COC(=O)C(C)(CC(C)(C)C)C(C)(C)N)cc3o2)c(OC(F)(F)F)c1. The van der Waals surface area contributed by atoms with Gasteiger partial charge >= 0.3 is 12.3 Å². The van der Waals surface area contributed by atoms with E-state index in [0.717, 1.165) is 24.8 Å². The minimum absolute atomic E-state index is 0.00642. The van der Waals surface area contributed by atoms with Crippen LogP contribution in [0.25, 0.3) is 22.3 Å². The number of aliphatic hydroxyl groups is 2. The average molecular weight is 694 g/mol. The Labute approximate surface area is 288 Å². The number of fused-ring (bicyclic) bond motifs is 1. The number of unbranched alkanes of at least 4 members (excludes halogenated alkanes) is 2. The molecule has 0 radical (unpaired) electrons. The van der Waals surface area contributed by atoms with Gasteiger partial charge in [0.15, 0.2) is 0 Å². The van der Waals surface area contributed by atoms with Crippen molar-refractivity contribution in [3.63, 3.8) is 0 Å². The second-order valence-electron chi connectivity index (χ2n) is 15.1. The number of carbonyl (C=O) groups is 1. The van der Waals surface area contributed by atoms with Crippen LogP contribution >= 0.6 is 0 Å². The van der Waals surface area contributed by atoms with Crippen molar-refractivity contribution in [3.8, 4) is 22.8 Å². The van der Waals surface area contributed by atoms with Gasteiger partial charge in [-0.05, 0) is 94.2 Å². The van der Waals surface area contributed by atoms with E-state index in [1.54, 1.807) is 50.2 Å². The molecule has 0 bridgehead atoms. The molecule has 4 N–H and O–H groups in total. The molecule has 3 atom stereocenters. The minimum Gasteiger partial charge on any atom is -0.491 e. The van der Waals surface area contributed by atoms with E-state index in [0.29, 0.717) is 36.0 Å². The molecule has 0 saturated carbocycles. The highest BCUT2D eigenvalue weighted by molar-refractivity contribution is 5.85. The normalized spacial score (nSPS) is 15.1. The monoisotopic (exact) mass is 693 g/mol. The fourth-order valence-corrected chi connectivity index (χ4v) is 5.86. The quantitative estimate of drug-likeness (QED) is 0.0894. The number of hydrogen-bond acceptors (Lipinski definition) is 8. The third-order valence-corrected chi connectivity index (χ3v) is 8.91. The number of aliphatic hydroxyl groups excluding tert-OH is 2. The molecule has 0 saturated heterocycles. The zero-order valence-corrected chi connectivity index (χ0v) is 29.9. The zero-order chi connectivity index (χ0) is 36.6. The van der Waals surface area contributed by atoms with E-state index >= 15 is 0 Å². The summed E-state index contributed by atoms with van der Waals surface area (Å²) < 4.78 is 61.6. The molecule has 1 aromatic heterocycles. The van der Waals surface area contributed by atoms with Crippen LogP contribution in [0.5, 0.6) is 11.5 Å². The molecule has 0 aliphatic carbocycles. The Bertz CT molecular complexity index is 1510. The summed E-state index contributed by atoms with van der Waals surface area (Å²) in [6.45, 7) is 13.3. The molecule has 3 rings (SSSR count). The Kier molecular flexibility index (Phi) is 13.6. The van der Waals surface area contributed by atoms with Gasteiger partial charge in [0.1, 0.15) is 29.4 Å². The number of furan rings is 1. The second kappa shape index (κ2) is 16.6. The number of hydrogen-bond donors (Lipinski definition) is 3. The lowest BCUT2D eigenvalue weighted by atomic mass is 9.65. The van der Waals surface area contributed by atoms with Gasteiger partial charge in [0, 0.05) is 29.5 Å². The van der Waals surface area contributed by atoms with E-state index in [-0.39, 0.29) is 54.6 Å². The van der Waals surface area contributed by atoms with Gasteiger partial charge < -0.3 is 34.6 Å². The lowest BCUT2D eigenvalue weighted by molar-refractivity contribution is -0.274. The third kappa shape index (κ3) is 11.9. The summed E-state index contributed by atoms with van der Waals surface area (Å²) in [5, 5.41) is 21.2. The molecule has 2 aromatic carbocycles. The highest BCUT2D eigenvalue weighted by Crippen LogP contribution is 2.42. The lowest BCUT2D eigenvalue weighted by Crippen LogP contribution is -2.56. The van der Waals surface area contributed by atoms with Crippen molar-refractivity contribution in [2.24, 2.45) is 22.5 Å². The molecular weight excluding hydrogens is 639 g/mol. The van der Waals surface area contributed by atoms with Crippen LogP contribution in [0.2, 0.25) is 0 Å². The number of carbonyl (C=O) groups excluding carboxylic acids is 1. The van der Waals surface area contributed by atoms with Crippen LogP contribution in [-0.4, -0.2) is 54.0 Å². The Balaban J connectivity index is 1.61. The van der Waals surface area contributed by atoms with E-state index in [9.17, 15) is 28.2 Å². The van der Waals surface area contributed by atoms with Gasteiger partial charge in [0.2, 0.25) is 0 Å². The maximum absolute atomic E-state index is 13.3. The number of halogens is 3. The summed E-state index contributed by atoms with van der Waals surface area (Å²) in [6.07, 6.45) is -1.05. The van der Waals surface area contributed by atoms with Crippen LogP contribution in [0.1, 0.15) is 92.6 Å². The first-order chi connectivity index (χ1) is 22.7. The summed E-state index contributed by atoms with van der Waals surface area (Å²) in [5.74, 6) is -0.500. The number of alkyl halides is 3. The standard InChI is InChI=1S/C38H54F3NO7/c1-8-9-10-11-25-13-17-30(33(18-25)49-38(39,40)41)32-19-27-14-16-29(20-31(27)48-32)46-23-28(44)15-12-26(21-43)22-47-34(45)37(7,36(5,6)42)24-35(2,3)4/h13-14,16-20,26,28,43-44H,8-12,15,21-24,42H2,1-7H3. The molecule has 1 heterocycles. The fourth-order valence-electron chi connectivity index (χ4n) is 5.86. The van der Waals surface area contributed by atoms with Crippen LogP contribution in [-0.2, 0) is 16.0 Å². The van der Waals surface area contributed by atoms with E-state index in [4.69, 9.17) is 19.6 Å². The second-order valence-corrected chi connectivity index (χ2v) is 15.1. The molecule has 49 heavy (non-hydrogen) atoms. The molecule has 0 amide bonds. The highest BCUT2D eigenvalue weighted by Gasteiger charge is 2.48. The van der Waals surface area contributed by atoms with E-state index in [2.05, 4.69) is 11.7 Å². The molecule has 0 spiro atoms. The summed E-state index contributed by atoms with van der Waals surface area (Å²) in [6, 6.07) is 11.4. The predicted octanol–water partition coefficient (Wildman–Crippen LogP) is 8.58. The van der Waals surface area contributed by atoms with E-state index in [1.165, 1.54) is 6.07 Å². The topological polar surface area (TPSA) is 124 Å². The van der Waals surface area contributed by atoms with Crippen molar-refractivity contribution in [3.05, 3.63) is 48.0 Å². The molecule has 0 aliphatic rings. The Hall–Kier alpha value is -3.28. The molecule has 3 unspecified atom stereocenters. The first-order valence-electron chi connectivity index (χ1n) is 17.0. The highest BCUT2D eigenvalue weighted by atomic mass is 19.4. The first kappa shape index (κ1) is 40.2. The molecular formula is C38H54F3NO7. The van der Waals surface area contributed by atoms with Crippen molar-refractivity contribution in [2.45, 2.75) is 111 Å². The van der Waals surface area contributed by atoms with Crippen molar-refractivity contribution >= 4 is 16.9 Å². The van der Waals surface area contributed by atoms with Crippen molar-refractivity contribution in [1.29, 1.82) is 0 Å². The summed E-state index contributed by atoms with van der Waals surface area (Å²) in [5.41, 5.74) is 5.80. The number of benzene rings is 2. The van der Waals surface area contributed by atoms with Gasteiger partial charge in [0.05, 0.1) is 23.7 Å². The Morgan fingerprint density at radius 2 is 1.67 bits per heavy atom. The smallest absolute Gasteiger partial charge is 0.491 e. The molecule has 0 fully saturated rings. The minimum atomic E-state index is -4.86. The van der Waals surface area contributed by atoms with Gasteiger partial charge in [-0.15, -0.1) is 13.2 Å². The molecule has 0 aliphatic heterocycles. The van der Waals surface area contributed by atoms with Gasteiger partial charge in [0.25, 0.3) is 0 Å². The van der Waals surface area contributed by atoms with E-state index < -0.39 is 29.4 Å². The number of rotatable bonds is 18. The largest absolute Gasteiger partial charge is 0.573 e. The Morgan fingerprint density at radius 1 is 0.959 bits per heavy atom. The van der Waals surface area contributed by atoms with Gasteiger partial charge in [-0.2, -0.15) is 0 Å². The van der Waals surface area contributed by atoms with Crippen molar-refractivity contribution < 1.29 is 46.8 Å². The number of nitrogens with two attached hydrogens (primary N) is 1. The van der Waals surface area contributed by atoms with E-state index in [1.807, 2.05) is 27.7 Å². The van der Waals surface area contributed by atoms with Crippen LogP contribution in [0.15, 0.2) is 46.9 Å². The summed E-state index contributed by atoms with van der Waals surface area (Å²) in [4.78, 5) is 13.2. The predicted molar refractivity (Wildman–Crippen MR) is 184 cm³/mol. The lowest BCUT2D eigenvalue weighted by Gasteiger charge is -2.43. The van der Waals surface area contributed by atoms with Crippen LogP contribution in [0.3, 0.4) is 0 Å². The molecule has 3 aromatic rings. The van der Waals surface area contributed by atoms with Gasteiger partial charge in [-0.3, -0.25) is 4.79 Å². The molecule has 11 heteroatoms. The average Bonchev–Trinajstić information content (AvgIpc) is 3.41. The maximum Gasteiger partial charge on any atom is 0.573 e. The zero-order valence-electron chi connectivity index (χ0n) is 29.9. The van der Waals surface area contributed by atoms with Crippen LogP contribution in [0, 0.1) is 16.7 Å². The third-order valence-electron chi connectivity index (χ3n) is 8.91. The first-order valence-corrected chi connectivity index (χ1v) is 17.0. The number of ether oxygens (including phenoxy) is 3. The molecule has 274 valence electrons. The summed E-state index contributed by atoms with van der Waals surface area (Å²) >= 11 is 0. The molecule has 8 nitrogen and oxygen atoms in total.